The molecule has 0 spiro atoms. The molecule has 0 aromatic heterocycles. The van der Waals surface area contributed by atoms with Gasteiger partial charge in [0, 0.05) is 26.1 Å². The monoisotopic (exact) mass is 216 g/mol. The van der Waals surface area contributed by atoms with Gasteiger partial charge in [-0.3, -0.25) is 14.5 Å². The maximum Gasteiger partial charge on any atom is 0.317 e. The third kappa shape index (κ3) is 6.06. The molecule has 5 nitrogen and oxygen atoms in total. The summed E-state index contributed by atoms with van der Waals surface area (Å²) in [6, 6.07) is 0.186. The van der Waals surface area contributed by atoms with Crippen LogP contribution in [0.5, 0.6) is 0 Å². The summed E-state index contributed by atoms with van der Waals surface area (Å²) in [5.41, 5.74) is 0. The van der Waals surface area contributed by atoms with E-state index < -0.39 is 5.97 Å². The topological polar surface area (TPSA) is 69.6 Å². The summed E-state index contributed by atoms with van der Waals surface area (Å²) in [6.07, 6.45) is 1.22. The van der Waals surface area contributed by atoms with Gasteiger partial charge in [-0.15, -0.1) is 0 Å². The van der Waals surface area contributed by atoms with Crippen LogP contribution in [0.25, 0.3) is 0 Å². The first kappa shape index (κ1) is 13.9. The predicted octanol–water partition coefficient (Wildman–Crippen LogP) is 0.308. The van der Waals surface area contributed by atoms with Crippen molar-refractivity contribution in [1.82, 2.24) is 10.2 Å². The highest BCUT2D eigenvalue weighted by molar-refractivity contribution is 5.75. The Morgan fingerprint density at radius 3 is 2.47 bits per heavy atom. The van der Waals surface area contributed by atoms with E-state index in [0.717, 1.165) is 6.42 Å². The third-order valence-corrected chi connectivity index (χ3v) is 2.46. The lowest BCUT2D eigenvalue weighted by Gasteiger charge is -2.26. The minimum atomic E-state index is -0.854. The lowest BCUT2D eigenvalue weighted by molar-refractivity contribution is -0.139. The quantitative estimate of drug-likeness (QED) is 0.642. The molecule has 0 aliphatic heterocycles. The van der Waals surface area contributed by atoms with E-state index in [2.05, 4.69) is 5.32 Å². The van der Waals surface area contributed by atoms with Crippen LogP contribution < -0.4 is 5.32 Å². The number of hydrogen-bond acceptors (Lipinski definition) is 3. The number of nitrogens with one attached hydrogen (secondary N) is 1. The standard InChI is InChI=1S/C10H20N2O3/c1-4-8(2)12(7-10(14)15)6-5-9(13)11-3/h8H,4-7H2,1-3H3,(H,11,13)(H,14,15). The van der Waals surface area contributed by atoms with Crippen LogP contribution in [0.4, 0.5) is 0 Å². The Hall–Kier alpha value is -1.10. The van der Waals surface area contributed by atoms with Crippen molar-refractivity contribution in [2.24, 2.45) is 0 Å². The Kier molecular flexibility index (Phi) is 6.70. The lowest BCUT2D eigenvalue weighted by Crippen LogP contribution is -2.39. The molecular weight excluding hydrogens is 196 g/mol. The number of nitrogens with zero attached hydrogens (tertiary/aromatic N) is 1. The first-order chi connectivity index (χ1) is 7.01. The zero-order chi connectivity index (χ0) is 11.8. The normalized spacial score (nSPS) is 12.5. The molecule has 0 fully saturated rings. The molecule has 0 rings (SSSR count). The molecule has 1 amide bonds. The molecule has 1 unspecified atom stereocenters. The van der Waals surface area contributed by atoms with E-state index in [1.165, 1.54) is 0 Å². The summed E-state index contributed by atoms with van der Waals surface area (Å²) in [7, 11) is 1.58. The Labute approximate surface area is 90.5 Å². The zero-order valence-electron chi connectivity index (χ0n) is 9.62. The number of hydrogen-bond donors (Lipinski definition) is 2. The molecule has 88 valence electrons. The highest BCUT2D eigenvalue weighted by atomic mass is 16.4. The second kappa shape index (κ2) is 7.23. The molecule has 0 aromatic rings. The van der Waals surface area contributed by atoms with Crippen LogP contribution in [0.3, 0.4) is 0 Å². The van der Waals surface area contributed by atoms with Crippen LogP contribution in [0.2, 0.25) is 0 Å². The van der Waals surface area contributed by atoms with Crippen molar-refractivity contribution in [2.45, 2.75) is 32.7 Å². The number of aliphatic carboxylic acids is 1. The van der Waals surface area contributed by atoms with E-state index in [-0.39, 0.29) is 18.5 Å². The van der Waals surface area contributed by atoms with Crippen LogP contribution >= 0.6 is 0 Å². The van der Waals surface area contributed by atoms with Gasteiger partial charge in [0.1, 0.15) is 0 Å². The molecule has 0 aliphatic carbocycles. The summed E-state index contributed by atoms with van der Waals surface area (Å²) in [4.78, 5) is 23.4. The summed E-state index contributed by atoms with van der Waals surface area (Å²) >= 11 is 0. The van der Waals surface area contributed by atoms with Crippen LogP contribution in [0.1, 0.15) is 26.7 Å². The van der Waals surface area contributed by atoms with E-state index in [4.69, 9.17) is 5.11 Å². The van der Waals surface area contributed by atoms with Crippen molar-refractivity contribution in [3.63, 3.8) is 0 Å². The van der Waals surface area contributed by atoms with E-state index in [9.17, 15) is 9.59 Å². The first-order valence-electron chi connectivity index (χ1n) is 5.17. The predicted molar refractivity (Wildman–Crippen MR) is 57.6 cm³/mol. The van der Waals surface area contributed by atoms with Gasteiger partial charge < -0.3 is 10.4 Å². The molecule has 0 saturated carbocycles. The fourth-order valence-electron chi connectivity index (χ4n) is 1.26. The fraction of sp³-hybridized carbons (Fsp3) is 0.800. The summed E-state index contributed by atoms with van der Waals surface area (Å²) < 4.78 is 0. The number of carbonyl (C=O) groups is 2. The number of carboxylic acid groups (broad SMARTS) is 1. The average Bonchev–Trinajstić information content (AvgIpc) is 2.21. The second-order valence-electron chi connectivity index (χ2n) is 3.54. The maximum atomic E-state index is 11.0. The Morgan fingerprint density at radius 2 is 2.07 bits per heavy atom. The molecule has 0 heterocycles. The van der Waals surface area contributed by atoms with Crippen molar-refractivity contribution in [1.29, 1.82) is 0 Å². The largest absolute Gasteiger partial charge is 0.480 e. The molecule has 5 heteroatoms. The zero-order valence-corrected chi connectivity index (χ0v) is 9.62. The van der Waals surface area contributed by atoms with Crippen LogP contribution in [-0.2, 0) is 9.59 Å². The maximum absolute atomic E-state index is 11.0. The average molecular weight is 216 g/mol. The van der Waals surface area contributed by atoms with Gasteiger partial charge in [-0.2, -0.15) is 0 Å². The van der Waals surface area contributed by atoms with Gasteiger partial charge in [0.05, 0.1) is 6.54 Å². The van der Waals surface area contributed by atoms with Gasteiger partial charge in [-0.25, -0.2) is 0 Å². The minimum absolute atomic E-state index is 0.00794. The highest BCUT2D eigenvalue weighted by Crippen LogP contribution is 2.03. The van der Waals surface area contributed by atoms with E-state index in [1.807, 2.05) is 13.8 Å². The number of carboxylic acids is 1. The molecule has 1 atom stereocenters. The minimum Gasteiger partial charge on any atom is -0.480 e. The summed E-state index contributed by atoms with van der Waals surface area (Å²) in [5, 5.41) is 11.2. The van der Waals surface area contributed by atoms with Crippen molar-refractivity contribution >= 4 is 11.9 Å². The number of carbonyl (C=O) groups excluding carboxylic acids is 1. The van der Waals surface area contributed by atoms with Gasteiger partial charge in [0.25, 0.3) is 0 Å². The van der Waals surface area contributed by atoms with Gasteiger partial charge in [-0.05, 0) is 13.3 Å². The second-order valence-corrected chi connectivity index (χ2v) is 3.54. The summed E-state index contributed by atoms with van der Waals surface area (Å²) in [5.74, 6) is -0.916. The smallest absolute Gasteiger partial charge is 0.317 e. The summed E-state index contributed by atoms with van der Waals surface area (Å²) in [6.45, 7) is 4.44. The lowest BCUT2D eigenvalue weighted by atomic mass is 10.2. The van der Waals surface area contributed by atoms with Crippen LogP contribution in [0.15, 0.2) is 0 Å². The van der Waals surface area contributed by atoms with Gasteiger partial charge in [0.15, 0.2) is 0 Å². The number of rotatable bonds is 7. The number of amides is 1. The molecule has 0 saturated heterocycles. The van der Waals surface area contributed by atoms with Crippen molar-refractivity contribution < 1.29 is 14.7 Å². The van der Waals surface area contributed by atoms with Gasteiger partial charge in [-0.1, -0.05) is 6.92 Å². The van der Waals surface area contributed by atoms with E-state index >= 15 is 0 Å². The fourth-order valence-corrected chi connectivity index (χ4v) is 1.26. The SMILES string of the molecule is CCC(C)N(CCC(=O)NC)CC(=O)O. The van der Waals surface area contributed by atoms with Gasteiger partial charge >= 0.3 is 5.97 Å². The van der Waals surface area contributed by atoms with Crippen molar-refractivity contribution in [3.05, 3.63) is 0 Å². The Bertz CT molecular complexity index is 219. The van der Waals surface area contributed by atoms with Gasteiger partial charge in [0.2, 0.25) is 5.91 Å². The Balaban J connectivity index is 4.12. The Morgan fingerprint density at radius 1 is 1.47 bits per heavy atom. The molecule has 0 radical (unpaired) electrons. The highest BCUT2D eigenvalue weighted by Gasteiger charge is 2.16. The molecule has 15 heavy (non-hydrogen) atoms. The van der Waals surface area contributed by atoms with Crippen LogP contribution in [-0.4, -0.2) is 48.1 Å². The van der Waals surface area contributed by atoms with E-state index in [1.54, 1.807) is 11.9 Å². The van der Waals surface area contributed by atoms with Crippen molar-refractivity contribution in [3.8, 4) is 0 Å². The third-order valence-electron chi connectivity index (χ3n) is 2.46. The molecule has 0 aromatic carbocycles. The van der Waals surface area contributed by atoms with Crippen molar-refractivity contribution in [2.75, 3.05) is 20.1 Å². The first-order valence-corrected chi connectivity index (χ1v) is 5.17. The molecule has 2 N–H and O–H groups in total. The van der Waals surface area contributed by atoms with E-state index in [0.29, 0.717) is 13.0 Å². The molecule has 0 aliphatic rings. The molecule has 0 bridgehead atoms. The van der Waals surface area contributed by atoms with Crippen LogP contribution in [0, 0.1) is 0 Å². The molecular formula is C10H20N2O3.